The highest BCUT2D eigenvalue weighted by Gasteiger charge is 2.21. The summed E-state index contributed by atoms with van der Waals surface area (Å²) in [6.45, 7) is 6.36. The van der Waals surface area contributed by atoms with Gasteiger partial charge in [-0.25, -0.2) is 0 Å². The van der Waals surface area contributed by atoms with Gasteiger partial charge in [-0.2, -0.15) is 0 Å². The van der Waals surface area contributed by atoms with Gasteiger partial charge in [-0.05, 0) is 37.5 Å². The molecule has 0 aliphatic carbocycles. The third kappa shape index (κ3) is 6.81. The third-order valence-electron chi connectivity index (χ3n) is 3.95. The van der Waals surface area contributed by atoms with Crippen molar-refractivity contribution in [2.45, 2.75) is 39.2 Å². The number of rotatable bonds is 9. The molecular weight excluding hydrogens is 328 g/mol. The van der Waals surface area contributed by atoms with E-state index in [4.69, 9.17) is 15.2 Å². The lowest BCUT2D eigenvalue weighted by Gasteiger charge is -2.26. The van der Waals surface area contributed by atoms with Crippen molar-refractivity contribution in [2.24, 2.45) is 5.73 Å². The van der Waals surface area contributed by atoms with Gasteiger partial charge >= 0.3 is 0 Å². The molecule has 5 nitrogen and oxygen atoms in total. The molecule has 24 heavy (non-hydrogen) atoms. The minimum Gasteiger partial charge on any atom is -0.493 e. The van der Waals surface area contributed by atoms with Gasteiger partial charge in [0.15, 0.2) is 18.1 Å². The Labute approximate surface area is 151 Å². The largest absolute Gasteiger partial charge is 0.493 e. The molecule has 0 radical (unpaired) electrons. The summed E-state index contributed by atoms with van der Waals surface area (Å²) in [4.78, 5) is 11.9. The quantitative estimate of drug-likeness (QED) is 0.712. The van der Waals surface area contributed by atoms with Crippen LogP contribution in [-0.2, 0) is 4.79 Å². The van der Waals surface area contributed by atoms with Crippen LogP contribution in [0.15, 0.2) is 24.3 Å². The number of nitrogens with two attached hydrogens (primary N) is 1. The minimum atomic E-state index is -0.360. The Bertz CT molecular complexity index is 543. The first-order chi connectivity index (χ1) is 11.0. The fourth-order valence-corrected chi connectivity index (χ4v) is 2.07. The van der Waals surface area contributed by atoms with Gasteiger partial charge in [-0.15, -0.1) is 12.4 Å². The third-order valence-corrected chi connectivity index (χ3v) is 3.95. The predicted molar refractivity (Wildman–Crippen MR) is 101 cm³/mol. The molecule has 1 rings (SSSR count). The lowest BCUT2D eigenvalue weighted by Crippen LogP contribution is -2.50. The topological polar surface area (TPSA) is 73.6 Å². The van der Waals surface area contributed by atoms with E-state index in [1.54, 1.807) is 13.2 Å². The average Bonchev–Trinajstić information content (AvgIpc) is 2.58. The second-order valence-electron chi connectivity index (χ2n) is 5.55. The summed E-state index contributed by atoms with van der Waals surface area (Å²) in [5.41, 5.74) is 6.82. The summed E-state index contributed by atoms with van der Waals surface area (Å²) in [6.07, 6.45) is 5.54. The molecule has 0 saturated carbocycles. The van der Waals surface area contributed by atoms with E-state index in [1.807, 2.05) is 45.1 Å². The summed E-state index contributed by atoms with van der Waals surface area (Å²) in [6, 6.07) is 5.58. The van der Waals surface area contributed by atoms with Crippen LogP contribution in [0, 0.1) is 0 Å². The number of hydrogen-bond acceptors (Lipinski definition) is 4. The zero-order valence-electron chi connectivity index (χ0n) is 14.9. The number of halogens is 1. The minimum absolute atomic E-state index is 0. The van der Waals surface area contributed by atoms with Gasteiger partial charge in [0.1, 0.15) is 0 Å². The molecule has 1 aromatic rings. The van der Waals surface area contributed by atoms with Crippen LogP contribution >= 0.6 is 12.4 Å². The first-order valence-electron chi connectivity index (χ1n) is 7.97. The standard InChI is InChI=1S/C18H28N2O3.ClH/c1-5-8-14-9-10-15(16(11-14)22-4)23-12-17(21)20-13-18(19,6-2)7-3;/h5,8-11H,6-7,12-13,19H2,1-4H3,(H,20,21);1H/b8-5+;. The molecule has 0 unspecified atom stereocenters. The number of ether oxygens (including phenoxy) is 2. The normalized spacial score (nSPS) is 11.0. The molecule has 1 aromatic carbocycles. The highest BCUT2D eigenvalue weighted by Crippen LogP contribution is 2.28. The predicted octanol–water partition coefficient (Wildman–Crippen LogP) is 3.16. The van der Waals surface area contributed by atoms with E-state index in [9.17, 15) is 4.79 Å². The molecule has 1 amide bonds. The van der Waals surface area contributed by atoms with E-state index in [-0.39, 0.29) is 30.5 Å². The van der Waals surface area contributed by atoms with Crippen molar-refractivity contribution in [2.75, 3.05) is 20.3 Å². The van der Waals surface area contributed by atoms with E-state index in [0.717, 1.165) is 18.4 Å². The number of hydrogen-bond donors (Lipinski definition) is 2. The zero-order chi connectivity index (χ0) is 17.3. The second-order valence-corrected chi connectivity index (χ2v) is 5.55. The number of carbonyl (C=O) groups excluding carboxylic acids is 1. The molecule has 136 valence electrons. The molecule has 0 spiro atoms. The fourth-order valence-electron chi connectivity index (χ4n) is 2.07. The number of nitrogens with one attached hydrogen (secondary N) is 1. The van der Waals surface area contributed by atoms with Crippen LogP contribution < -0.4 is 20.5 Å². The number of benzene rings is 1. The number of allylic oxidation sites excluding steroid dienone is 1. The van der Waals surface area contributed by atoms with Crippen molar-refractivity contribution >= 4 is 24.4 Å². The van der Waals surface area contributed by atoms with Crippen LogP contribution in [0.2, 0.25) is 0 Å². The van der Waals surface area contributed by atoms with Gasteiger partial charge in [0.25, 0.3) is 5.91 Å². The van der Waals surface area contributed by atoms with Crippen molar-refractivity contribution in [3.8, 4) is 11.5 Å². The number of carbonyl (C=O) groups is 1. The summed E-state index contributed by atoms with van der Waals surface area (Å²) < 4.78 is 10.9. The molecule has 0 atom stereocenters. The van der Waals surface area contributed by atoms with Crippen LogP contribution in [0.5, 0.6) is 11.5 Å². The Morgan fingerprint density at radius 1 is 1.29 bits per heavy atom. The fraction of sp³-hybridized carbons (Fsp3) is 0.500. The van der Waals surface area contributed by atoms with Gasteiger partial charge in [-0.1, -0.05) is 32.1 Å². The van der Waals surface area contributed by atoms with Crippen LogP contribution in [0.3, 0.4) is 0 Å². The van der Waals surface area contributed by atoms with Crippen molar-refractivity contribution in [1.29, 1.82) is 0 Å². The van der Waals surface area contributed by atoms with Crippen LogP contribution in [0.25, 0.3) is 6.08 Å². The maximum absolute atomic E-state index is 11.9. The zero-order valence-corrected chi connectivity index (χ0v) is 15.7. The molecular formula is C18H29ClN2O3. The van der Waals surface area contributed by atoms with E-state index in [1.165, 1.54) is 0 Å². The molecule has 0 heterocycles. The summed E-state index contributed by atoms with van der Waals surface area (Å²) >= 11 is 0. The average molecular weight is 357 g/mol. The second kappa shape index (κ2) is 10.9. The molecule has 0 saturated heterocycles. The highest BCUT2D eigenvalue weighted by molar-refractivity contribution is 5.85. The molecule has 0 aliphatic rings. The van der Waals surface area contributed by atoms with E-state index in [0.29, 0.717) is 18.0 Å². The Balaban J connectivity index is 0.00000529. The first kappa shape index (κ1) is 22.3. The molecule has 3 N–H and O–H groups in total. The van der Waals surface area contributed by atoms with Crippen molar-refractivity contribution in [3.05, 3.63) is 29.8 Å². The maximum Gasteiger partial charge on any atom is 0.258 e. The Morgan fingerprint density at radius 3 is 2.50 bits per heavy atom. The van der Waals surface area contributed by atoms with Crippen LogP contribution in [0.4, 0.5) is 0 Å². The van der Waals surface area contributed by atoms with E-state index < -0.39 is 0 Å². The van der Waals surface area contributed by atoms with Crippen LogP contribution in [-0.4, -0.2) is 31.7 Å². The molecule has 0 fully saturated rings. The van der Waals surface area contributed by atoms with E-state index >= 15 is 0 Å². The highest BCUT2D eigenvalue weighted by atomic mass is 35.5. The number of methoxy groups -OCH3 is 1. The molecule has 6 heteroatoms. The molecule has 0 aromatic heterocycles. The lowest BCUT2D eigenvalue weighted by atomic mass is 9.94. The van der Waals surface area contributed by atoms with Crippen molar-refractivity contribution in [1.82, 2.24) is 5.32 Å². The van der Waals surface area contributed by atoms with Gasteiger partial charge < -0.3 is 20.5 Å². The van der Waals surface area contributed by atoms with Crippen molar-refractivity contribution < 1.29 is 14.3 Å². The smallest absolute Gasteiger partial charge is 0.258 e. The summed E-state index contributed by atoms with van der Waals surface area (Å²) in [7, 11) is 1.58. The summed E-state index contributed by atoms with van der Waals surface area (Å²) in [5, 5.41) is 2.82. The Kier molecular flexibility index (Phi) is 10.2. The van der Waals surface area contributed by atoms with Gasteiger partial charge in [0.05, 0.1) is 7.11 Å². The maximum atomic E-state index is 11.9. The first-order valence-corrected chi connectivity index (χ1v) is 7.97. The molecule has 0 bridgehead atoms. The summed E-state index contributed by atoms with van der Waals surface area (Å²) in [5.74, 6) is 0.950. The Hall–Kier alpha value is -1.72. The Morgan fingerprint density at radius 2 is 1.96 bits per heavy atom. The molecule has 0 aliphatic heterocycles. The lowest BCUT2D eigenvalue weighted by molar-refractivity contribution is -0.123. The van der Waals surface area contributed by atoms with Gasteiger partial charge in [0, 0.05) is 12.1 Å². The van der Waals surface area contributed by atoms with Crippen LogP contribution in [0.1, 0.15) is 39.2 Å². The monoisotopic (exact) mass is 356 g/mol. The van der Waals surface area contributed by atoms with Gasteiger partial charge in [0.2, 0.25) is 0 Å². The van der Waals surface area contributed by atoms with Gasteiger partial charge in [-0.3, -0.25) is 4.79 Å². The number of amides is 1. The SMILES string of the molecule is C/C=C/c1ccc(OCC(=O)NCC(N)(CC)CC)c(OC)c1.Cl. The van der Waals surface area contributed by atoms with Crippen molar-refractivity contribution in [3.63, 3.8) is 0 Å². The van der Waals surface area contributed by atoms with E-state index in [2.05, 4.69) is 5.32 Å².